The number of benzene rings is 2. The van der Waals surface area contributed by atoms with Crippen molar-refractivity contribution in [1.82, 2.24) is 9.78 Å². The van der Waals surface area contributed by atoms with E-state index in [2.05, 4.69) is 5.10 Å². The first-order chi connectivity index (χ1) is 12.4. The SMILES string of the molecule is COc1ccc(-n2nc(Oc3ccc(F)cc3F)oc2=O)cc1[N+](=O)[O-]. The number of halogens is 2. The monoisotopic (exact) mass is 365 g/mol. The number of ether oxygens (including phenoxy) is 2. The van der Waals surface area contributed by atoms with Crippen LogP contribution in [0, 0.1) is 21.7 Å². The topological polar surface area (TPSA) is 110 Å². The smallest absolute Gasteiger partial charge is 0.444 e. The first-order valence-corrected chi connectivity index (χ1v) is 6.95. The van der Waals surface area contributed by atoms with Crippen LogP contribution < -0.4 is 15.2 Å². The molecule has 0 radical (unpaired) electrons. The van der Waals surface area contributed by atoms with Crippen molar-refractivity contribution in [2.45, 2.75) is 0 Å². The Kier molecular flexibility index (Phi) is 4.35. The maximum absolute atomic E-state index is 13.6. The first-order valence-electron chi connectivity index (χ1n) is 6.95. The Hall–Kier alpha value is -3.76. The zero-order chi connectivity index (χ0) is 18.8. The van der Waals surface area contributed by atoms with Gasteiger partial charge in [0.15, 0.2) is 17.3 Å². The van der Waals surface area contributed by atoms with Gasteiger partial charge in [-0.05, 0) is 24.3 Å². The van der Waals surface area contributed by atoms with E-state index in [-0.39, 0.29) is 11.4 Å². The molecule has 0 unspecified atom stereocenters. The van der Waals surface area contributed by atoms with Crippen molar-refractivity contribution in [1.29, 1.82) is 0 Å². The van der Waals surface area contributed by atoms with Gasteiger partial charge in [0.1, 0.15) is 5.82 Å². The van der Waals surface area contributed by atoms with E-state index in [1.54, 1.807) is 0 Å². The molecule has 1 heterocycles. The maximum Gasteiger partial charge on any atom is 0.444 e. The quantitative estimate of drug-likeness (QED) is 0.505. The van der Waals surface area contributed by atoms with Crippen LogP contribution in [0.15, 0.2) is 45.6 Å². The molecule has 9 nitrogen and oxygen atoms in total. The summed E-state index contributed by atoms with van der Waals surface area (Å²) in [6, 6.07) is 6.16. The lowest BCUT2D eigenvalue weighted by molar-refractivity contribution is -0.385. The molecule has 1 aromatic heterocycles. The van der Waals surface area contributed by atoms with E-state index in [4.69, 9.17) is 13.9 Å². The third kappa shape index (κ3) is 3.22. The Balaban J connectivity index is 1.97. The van der Waals surface area contributed by atoms with Gasteiger partial charge in [-0.25, -0.2) is 13.6 Å². The number of nitro benzene ring substituents is 1. The lowest BCUT2D eigenvalue weighted by Gasteiger charge is -2.03. The minimum atomic E-state index is -1.03. The number of hydrogen-bond acceptors (Lipinski definition) is 7. The highest BCUT2D eigenvalue weighted by Crippen LogP contribution is 2.29. The summed E-state index contributed by atoms with van der Waals surface area (Å²) in [6.45, 7) is 0. The largest absolute Gasteiger partial charge is 0.490 e. The van der Waals surface area contributed by atoms with Crippen molar-refractivity contribution in [2.75, 3.05) is 7.11 Å². The maximum atomic E-state index is 13.6. The number of aromatic nitrogens is 2. The average Bonchev–Trinajstić information content (AvgIpc) is 2.97. The molecule has 26 heavy (non-hydrogen) atoms. The van der Waals surface area contributed by atoms with Crippen molar-refractivity contribution in [2.24, 2.45) is 0 Å². The van der Waals surface area contributed by atoms with Gasteiger partial charge in [-0.15, -0.1) is 0 Å². The normalized spacial score (nSPS) is 10.6. The van der Waals surface area contributed by atoms with Gasteiger partial charge in [0.2, 0.25) is 0 Å². The summed E-state index contributed by atoms with van der Waals surface area (Å²) in [4.78, 5) is 22.3. The van der Waals surface area contributed by atoms with Crippen molar-refractivity contribution in [3.8, 4) is 23.3 Å². The molecule has 0 saturated carbocycles. The van der Waals surface area contributed by atoms with Gasteiger partial charge in [-0.1, -0.05) is 5.10 Å². The van der Waals surface area contributed by atoms with Crippen molar-refractivity contribution in [3.63, 3.8) is 0 Å². The average molecular weight is 365 g/mol. The van der Waals surface area contributed by atoms with Crippen molar-refractivity contribution in [3.05, 3.63) is 68.7 Å². The summed E-state index contributed by atoms with van der Waals surface area (Å²) in [7, 11) is 1.26. The third-order valence-electron chi connectivity index (χ3n) is 3.22. The Bertz CT molecular complexity index is 1050. The molecule has 11 heteroatoms. The van der Waals surface area contributed by atoms with Crippen LogP contribution in [0.4, 0.5) is 14.5 Å². The molecule has 0 saturated heterocycles. The van der Waals surface area contributed by atoms with Gasteiger partial charge < -0.3 is 13.9 Å². The highest BCUT2D eigenvalue weighted by molar-refractivity contribution is 5.53. The van der Waals surface area contributed by atoms with Crippen LogP contribution in [0.25, 0.3) is 5.69 Å². The van der Waals surface area contributed by atoms with E-state index in [1.807, 2.05) is 0 Å². The van der Waals surface area contributed by atoms with Gasteiger partial charge in [0, 0.05) is 12.1 Å². The van der Waals surface area contributed by atoms with E-state index < -0.39 is 39.8 Å². The lowest BCUT2D eigenvalue weighted by Crippen LogP contribution is -2.13. The highest BCUT2D eigenvalue weighted by atomic mass is 19.1. The second-order valence-electron chi connectivity index (χ2n) is 4.84. The number of nitrogens with zero attached hydrogens (tertiary/aromatic N) is 3. The Morgan fingerprint density at radius 2 is 1.92 bits per heavy atom. The summed E-state index contributed by atoms with van der Waals surface area (Å²) in [6.07, 6.45) is -0.626. The van der Waals surface area contributed by atoms with Crippen LogP contribution in [-0.4, -0.2) is 21.8 Å². The van der Waals surface area contributed by atoms with Crippen molar-refractivity contribution < 1.29 is 27.6 Å². The molecule has 3 aromatic rings. The zero-order valence-corrected chi connectivity index (χ0v) is 13.0. The summed E-state index contributed by atoms with van der Waals surface area (Å²) in [5.41, 5.74) is -0.396. The summed E-state index contributed by atoms with van der Waals surface area (Å²) in [5.74, 6) is -3.29. The molecule has 0 aliphatic heterocycles. The van der Waals surface area contributed by atoms with Crippen molar-refractivity contribution >= 4 is 5.69 Å². The van der Waals surface area contributed by atoms with E-state index in [1.165, 1.54) is 19.2 Å². The fourth-order valence-corrected chi connectivity index (χ4v) is 2.07. The second kappa shape index (κ2) is 6.63. The summed E-state index contributed by atoms with van der Waals surface area (Å²) < 4.78 is 41.7. The highest BCUT2D eigenvalue weighted by Gasteiger charge is 2.19. The molecular formula is C15H9F2N3O6. The van der Waals surface area contributed by atoms with E-state index >= 15 is 0 Å². The van der Waals surface area contributed by atoms with Gasteiger partial charge in [0.25, 0.3) is 0 Å². The van der Waals surface area contributed by atoms with Crippen LogP contribution in [0.1, 0.15) is 0 Å². The van der Waals surface area contributed by atoms with E-state index in [0.29, 0.717) is 10.7 Å². The van der Waals surface area contributed by atoms with Crippen LogP contribution in [-0.2, 0) is 0 Å². The van der Waals surface area contributed by atoms with Gasteiger partial charge in [-0.2, -0.15) is 4.68 Å². The third-order valence-corrected chi connectivity index (χ3v) is 3.22. The molecule has 0 fully saturated rings. The number of rotatable bonds is 5. The van der Waals surface area contributed by atoms with Gasteiger partial charge >= 0.3 is 17.5 Å². The standard InChI is InChI=1S/C15H9F2N3O6/c1-24-13-5-3-9(7-11(13)20(22)23)19-15(21)26-14(18-19)25-12-4-2-8(16)6-10(12)17/h2-7H,1H3. The molecule has 0 N–H and O–H groups in total. The lowest BCUT2D eigenvalue weighted by atomic mass is 10.2. The zero-order valence-electron chi connectivity index (χ0n) is 13.0. The Morgan fingerprint density at radius 3 is 2.58 bits per heavy atom. The molecule has 0 aliphatic rings. The van der Waals surface area contributed by atoms with Crippen LogP contribution >= 0.6 is 0 Å². The predicted molar refractivity (Wildman–Crippen MR) is 81.7 cm³/mol. The number of hydrogen-bond donors (Lipinski definition) is 0. The number of nitro groups is 1. The second-order valence-corrected chi connectivity index (χ2v) is 4.84. The molecule has 2 aromatic carbocycles. The van der Waals surface area contributed by atoms with E-state index in [9.17, 15) is 23.7 Å². The minimum Gasteiger partial charge on any atom is -0.490 e. The van der Waals surface area contributed by atoms with Crippen LogP contribution in [0.5, 0.6) is 17.6 Å². The molecule has 0 bridgehead atoms. The number of methoxy groups -OCH3 is 1. The summed E-state index contributed by atoms with van der Waals surface area (Å²) in [5, 5.41) is 14.7. The fourth-order valence-electron chi connectivity index (χ4n) is 2.07. The molecule has 134 valence electrons. The molecule has 0 aliphatic carbocycles. The van der Waals surface area contributed by atoms with Crippen LogP contribution in [0.3, 0.4) is 0 Å². The van der Waals surface area contributed by atoms with Crippen LogP contribution in [0.2, 0.25) is 0 Å². The Morgan fingerprint density at radius 1 is 1.19 bits per heavy atom. The molecule has 0 atom stereocenters. The molecule has 3 rings (SSSR count). The molecule has 0 amide bonds. The molecule has 0 spiro atoms. The molecular weight excluding hydrogens is 356 g/mol. The fraction of sp³-hybridized carbons (Fsp3) is 0.0667. The first kappa shape index (κ1) is 17.1. The predicted octanol–water partition coefficient (Wildman–Crippen LogP) is 2.81. The van der Waals surface area contributed by atoms with E-state index in [0.717, 1.165) is 18.2 Å². The Labute approximate surface area is 143 Å². The van der Waals surface area contributed by atoms with Gasteiger partial charge in [0.05, 0.1) is 17.7 Å². The van der Waals surface area contributed by atoms with Gasteiger partial charge in [-0.3, -0.25) is 10.1 Å². The minimum absolute atomic E-state index is 0.000628. The summed E-state index contributed by atoms with van der Waals surface area (Å²) >= 11 is 0.